The van der Waals surface area contributed by atoms with E-state index >= 15 is 0 Å². The number of benzene rings is 1. The van der Waals surface area contributed by atoms with Crippen molar-refractivity contribution < 1.29 is 4.74 Å². The fraction of sp³-hybridized carbons (Fsp3) is 0.353. The van der Waals surface area contributed by atoms with E-state index in [2.05, 4.69) is 49.5 Å². The van der Waals surface area contributed by atoms with Crippen molar-refractivity contribution in [2.45, 2.75) is 41.3 Å². The third-order valence-corrected chi connectivity index (χ3v) is 6.70. The van der Waals surface area contributed by atoms with E-state index in [0.717, 1.165) is 41.3 Å². The van der Waals surface area contributed by atoms with Gasteiger partial charge in [0.05, 0.1) is 4.90 Å². The highest BCUT2D eigenvalue weighted by Gasteiger charge is 2.20. The second-order valence-electron chi connectivity index (χ2n) is 5.79. The molecule has 2 aromatic heterocycles. The number of hydrogen-bond acceptors (Lipinski definition) is 7. The molecule has 1 aliphatic heterocycles. The minimum atomic E-state index is 0.420. The van der Waals surface area contributed by atoms with Gasteiger partial charge in [0, 0.05) is 16.8 Å². The Morgan fingerprint density at radius 3 is 3.08 bits per heavy atom. The lowest BCUT2D eigenvalue weighted by Gasteiger charge is -2.11. The number of thioether (sulfide) groups is 1. The predicted molar refractivity (Wildman–Crippen MR) is 109 cm³/mol. The number of hydrogen-bond donors (Lipinski definition) is 1. The van der Waals surface area contributed by atoms with Gasteiger partial charge in [-0.3, -0.25) is 0 Å². The van der Waals surface area contributed by atoms with Crippen LogP contribution in [0.3, 0.4) is 0 Å². The molecular formula is C17H18BrN5OS2. The number of fused-ring (bicyclic) bond motifs is 2. The first-order valence-electron chi connectivity index (χ1n) is 8.34. The molecule has 6 nitrogen and oxygen atoms in total. The normalized spacial score (nSPS) is 13.2. The molecule has 0 saturated carbocycles. The molecule has 0 unspecified atom stereocenters. The van der Waals surface area contributed by atoms with Crippen LogP contribution in [0.2, 0.25) is 0 Å². The fourth-order valence-electron chi connectivity index (χ4n) is 2.87. The number of nitrogens with two attached hydrogens (primary N) is 1. The van der Waals surface area contributed by atoms with Crippen LogP contribution in [0.1, 0.15) is 18.9 Å². The molecule has 1 aromatic carbocycles. The molecule has 2 N–H and O–H groups in total. The highest BCUT2D eigenvalue weighted by molar-refractivity contribution is 9.09. The Bertz CT molecular complexity index is 962. The summed E-state index contributed by atoms with van der Waals surface area (Å²) < 4.78 is 7.81. The Hall–Kier alpha value is -1.45. The number of aryl methyl sites for hydroxylation is 2. The molecule has 0 fully saturated rings. The zero-order valence-corrected chi connectivity index (χ0v) is 17.5. The quantitative estimate of drug-likeness (QED) is 0.557. The number of halogens is 1. The standard InChI is InChI=1S/C17H18BrN5OS2/c1-2-10-6-11-13(25-9-24-11)7-12(10)26-17-22-14-15(19)20-8-21-16(14)23(17)5-3-4-18/h6-8H,2-5,9H2,1H3,(H2,19,20,21). The molecule has 9 heteroatoms. The Balaban J connectivity index is 1.78. The number of aromatic nitrogens is 4. The van der Waals surface area contributed by atoms with Crippen LogP contribution in [0.4, 0.5) is 5.82 Å². The number of imidazole rings is 1. The van der Waals surface area contributed by atoms with Gasteiger partial charge in [0.15, 0.2) is 22.1 Å². The maximum atomic E-state index is 6.02. The molecule has 3 aromatic rings. The Labute approximate surface area is 168 Å². The molecule has 0 bridgehead atoms. The second kappa shape index (κ2) is 7.66. The zero-order valence-electron chi connectivity index (χ0n) is 14.2. The lowest BCUT2D eigenvalue weighted by molar-refractivity contribution is 0.396. The van der Waals surface area contributed by atoms with Gasteiger partial charge in [0.1, 0.15) is 18.0 Å². The van der Waals surface area contributed by atoms with Crippen molar-refractivity contribution in [2.75, 3.05) is 17.0 Å². The molecule has 0 spiro atoms. The highest BCUT2D eigenvalue weighted by atomic mass is 79.9. The Kier molecular flexibility index (Phi) is 5.28. The minimum absolute atomic E-state index is 0.420. The average molecular weight is 452 g/mol. The zero-order chi connectivity index (χ0) is 18.1. The average Bonchev–Trinajstić information content (AvgIpc) is 3.24. The Morgan fingerprint density at radius 2 is 2.27 bits per heavy atom. The minimum Gasteiger partial charge on any atom is -0.481 e. The lowest BCUT2D eigenvalue weighted by atomic mass is 10.1. The molecule has 1 aliphatic rings. The number of alkyl halides is 1. The summed E-state index contributed by atoms with van der Waals surface area (Å²) in [6.07, 6.45) is 3.42. The maximum Gasteiger partial charge on any atom is 0.175 e. The van der Waals surface area contributed by atoms with E-state index in [1.807, 2.05) is 0 Å². The number of rotatable bonds is 6. The first kappa shape index (κ1) is 17.9. The third kappa shape index (κ3) is 3.27. The summed E-state index contributed by atoms with van der Waals surface area (Å²) in [5.74, 6) is 2.09. The van der Waals surface area contributed by atoms with Crippen LogP contribution in [0.25, 0.3) is 11.2 Å². The topological polar surface area (TPSA) is 78.9 Å². The molecule has 0 radical (unpaired) electrons. The third-order valence-electron chi connectivity index (χ3n) is 4.18. The summed E-state index contributed by atoms with van der Waals surface area (Å²) in [6, 6.07) is 4.36. The van der Waals surface area contributed by atoms with Gasteiger partial charge in [-0.1, -0.05) is 46.4 Å². The molecule has 4 rings (SSSR count). The molecule has 26 heavy (non-hydrogen) atoms. The van der Waals surface area contributed by atoms with Crippen LogP contribution in [-0.2, 0) is 13.0 Å². The van der Waals surface area contributed by atoms with Crippen molar-refractivity contribution in [2.24, 2.45) is 0 Å². The van der Waals surface area contributed by atoms with Crippen molar-refractivity contribution in [3.8, 4) is 5.75 Å². The van der Waals surface area contributed by atoms with Crippen LogP contribution in [0.15, 0.2) is 33.4 Å². The second-order valence-corrected chi connectivity index (χ2v) is 8.55. The summed E-state index contributed by atoms with van der Waals surface area (Å²) in [6.45, 7) is 2.98. The van der Waals surface area contributed by atoms with E-state index < -0.39 is 0 Å². The van der Waals surface area contributed by atoms with E-state index in [-0.39, 0.29) is 0 Å². The summed E-state index contributed by atoms with van der Waals surface area (Å²) in [5, 5.41) is 1.82. The fourth-order valence-corrected chi connectivity index (χ4v) is 5.10. The molecule has 0 saturated heterocycles. The monoisotopic (exact) mass is 451 g/mol. The van der Waals surface area contributed by atoms with Gasteiger partial charge in [-0.25, -0.2) is 15.0 Å². The maximum absolute atomic E-state index is 6.02. The van der Waals surface area contributed by atoms with Crippen molar-refractivity contribution in [1.29, 1.82) is 0 Å². The van der Waals surface area contributed by atoms with Crippen LogP contribution in [0.5, 0.6) is 5.75 Å². The van der Waals surface area contributed by atoms with E-state index in [0.29, 0.717) is 17.3 Å². The van der Waals surface area contributed by atoms with E-state index in [1.54, 1.807) is 23.5 Å². The van der Waals surface area contributed by atoms with Crippen LogP contribution in [0, 0.1) is 0 Å². The summed E-state index contributed by atoms with van der Waals surface area (Å²) in [4.78, 5) is 15.6. The molecule has 0 aliphatic carbocycles. The summed E-state index contributed by atoms with van der Waals surface area (Å²) in [5.41, 5.74) is 8.74. The number of nitrogen functional groups attached to an aromatic ring is 1. The lowest BCUT2D eigenvalue weighted by Crippen LogP contribution is -2.02. The van der Waals surface area contributed by atoms with Crippen molar-refractivity contribution in [1.82, 2.24) is 19.5 Å². The van der Waals surface area contributed by atoms with E-state index in [9.17, 15) is 0 Å². The summed E-state index contributed by atoms with van der Waals surface area (Å²) in [7, 11) is 0. The van der Waals surface area contributed by atoms with E-state index in [1.165, 1.54) is 21.7 Å². The Morgan fingerprint density at radius 1 is 1.38 bits per heavy atom. The molecule has 0 amide bonds. The summed E-state index contributed by atoms with van der Waals surface area (Å²) >= 11 is 6.89. The van der Waals surface area contributed by atoms with Gasteiger partial charge in [-0.05, 0) is 30.5 Å². The van der Waals surface area contributed by atoms with Gasteiger partial charge in [0.2, 0.25) is 0 Å². The predicted octanol–water partition coefficient (Wildman–Crippen LogP) is 4.35. The number of nitrogens with zero attached hydrogens (tertiary/aromatic N) is 4. The largest absolute Gasteiger partial charge is 0.481 e. The van der Waals surface area contributed by atoms with Crippen LogP contribution in [-0.4, -0.2) is 30.8 Å². The highest BCUT2D eigenvalue weighted by Crippen LogP contribution is 2.42. The van der Waals surface area contributed by atoms with Gasteiger partial charge < -0.3 is 15.0 Å². The van der Waals surface area contributed by atoms with Crippen molar-refractivity contribution in [3.05, 3.63) is 24.0 Å². The first-order chi connectivity index (χ1) is 12.7. The smallest absolute Gasteiger partial charge is 0.175 e. The van der Waals surface area contributed by atoms with Gasteiger partial charge in [0.25, 0.3) is 0 Å². The van der Waals surface area contributed by atoms with E-state index in [4.69, 9.17) is 15.5 Å². The van der Waals surface area contributed by atoms with Crippen molar-refractivity contribution >= 4 is 56.4 Å². The van der Waals surface area contributed by atoms with Gasteiger partial charge in [-0.2, -0.15) is 0 Å². The molecule has 0 atom stereocenters. The van der Waals surface area contributed by atoms with Crippen LogP contribution >= 0.6 is 39.5 Å². The van der Waals surface area contributed by atoms with Gasteiger partial charge in [-0.15, -0.1) is 0 Å². The van der Waals surface area contributed by atoms with Gasteiger partial charge >= 0.3 is 0 Å². The molecular weight excluding hydrogens is 434 g/mol. The number of anilines is 1. The SMILES string of the molecule is CCc1cc2c(cc1Sc1nc3c(N)ncnc3n1CCCBr)SCO2. The number of ether oxygens (including phenoxy) is 1. The first-order valence-corrected chi connectivity index (χ1v) is 11.3. The molecule has 3 heterocycles. The van der Waals surface area contributed by atoms with Crippen LogP contribution < -0.4 is 10.5 Å². The van der Waals surface area contributed by atoms with Crippen molar-refractivity contribution in [3.63, 3.8) is 0 Å². The molecule has 136 valence electrons.